The SMILES string of the molecule is NC(=O)[C@H]1CC(=O)c2ccccc21. The van der Waals surface area contributed by atoms with Crippen molar-refractivity contribution in [2.24, 2.45) is 5.73 Å². The molecule has 0 radical (unpaired) electrons. The number of benzene rings is 1. The van der Waals surface area contributed by atoms with Crippen molar-refractivity contribution in [2.75, 3.05) is 0 Å². The zero-order chi connectivity index (χ0) is 9.42. The zero-order valence-corrected chi connectivity index (χ0v) is 6.99. The van der Waals surface area contributed by atoms with E-state index in [0.29, 0.717) is 5.56 Å². The van der Waals surface area contributed by atoms with Gasteiger partial charge in [0.1, 0.15) is 0 Å². The summed E-state index contributed by atoms with van der Waals surface area (Å²) in [7, 11) is 0. The molecule has 1 aromatic rings. The number of primary amides is 1. The average molecular weight is 175 g/mol. The van der Waals surface area contributed by atoms with Crippen molar-refractivity contribution in [2.45, 2.75) is 12.3 Å². The van der Waals surface area contributed by atoms with Crippen molar-refractivity contribution in [3.63, 3.8) is 0 Å². The van der Waals surface area contributed by atoms with Crippen LogP contribution in [-0.4, -0.2) is 11.7 Å². The van der Waals surface area contributed by atoms with Gasteiger partial charge in [-0.05, 0) is 5.56 Å². The van der Waals surface area contributed by atoms with Gasteiger partial charge >= 0.3 is 0 Å². The van der Waals surface area contributed by atoms with E-state index in [4.69, 9.17) is 5.73 Å². The van der Waals surface area contributed by atoms with E-state index in [9.17, 15) is 9.59 Å². The highest BCUT2D eigenvalue weighted by molar-refractivity contribution is 6.06. The van der Waals surface area contributed by atoms with Gasteiger partial charge in [0, 0.05) is 12.0 Å². The molecule has 13 heavy (non-hydrogen) atoms. The molecule has 1 aliphatic carbocycles. The van der Waals surface area contributed by atoms with E-state index in [1.54, 1.807) is 18.2 Å². The summed E-state index contributed by atoms with van der Waals surface area (Å²) < 4.78 is 0. The Labute approximate surface area is 75.5 Å². The smallest absolute Gasteiger partial charge is 0.225 e. The van der Waals surface area contributed by atoms with Crippen LogP contribution in [0.4, 0.5) is 0 Å². The molecular formula is C10H9NO2. The van der Waals surface area contributed by atoms with Gasteiger partial charge in [-0.1, -0.05) is 24.3 Å². The minimum atomic E-state index is -0.418. The van der Waals surface area contributed by atoms with Gasteiger partial charge in [0.25, 0.3) is 0 Å². The van der Waals surface area contributed by atoms with E-state index < -0.39 is 11.8 Å². The summed E-state index contributed by atoms with van der Waals surface area (Å²) in [5.74, 6) is -0.818. The van der Waals surface area contributed by atoms with Crippen molar-refractivity contribution in [3.8, 4) is 0 Å². The van der Waals surface area contributed by atoms with Gasteiger partial charge in [-0.15, -0.1) is 0 Å². The molecule has 1 aliphatic rings. The molecule has 0 aromatic heterocycles. The number of hydrogen-bond acceptors (Lipinski definition) is 2. The van der Waals surface area contributed by atoms with E-state index in [0.717, 1.165) is 5.56 Å². The van der Waals surface area contributed by atoms with Crippen molar-refractivity contribution in [3.05, 3.63) is 35.4 Å². The largest absolute Gasteiger partial charge is 0.369 e. The average Bonchev–Trinajstić information content (AvgIpc) is 2.45. The first-order valence-electron chi connectivity index (χ1n) is 4.11. The van der Waals surface area contributed by atoms with Gasteiger partial charge in [-0.3, -0.25) is 9.59 Å². The molecule has 0 unspecified atom stereocenters. The van der Waals surface area contributed by atoms with E-state index in [-0.39, 0.29) is 12.2 Å². The Bertz CT molecular complexity index is 384. The van der Waals surface area contributed by atoms with Crippen LogP contribution >= 0.6 is 0 Å². The Kier molecular flexibility index (Phi) is 1.65. The Hall–Kier alpha value is -1.64. The summed E-state index contributed by atoms with van der Waals surface area (Å²) in [6, 6.07) is 7.13. The molecule has 1 amide bonds. The molecule has 2 rings (SSSR count). The van der Waals surface area contributed by atoms with Gasteiger partial charge in [0.15, 0.2) is 5.78 Å². The van der Waals surface area contributed by atoms with Crippen molar-refractivity contribution in [1.29, 1.82) is 0 Å². The summed E-state index contributed by atoms with van der Waals surface area (Å²) >= 11 is 0. The molecule has 66 valence electrons. The minimum Gasteiger partial charge on any atom is -0.369 e. The van der Waals surface area contributed by atoms with Crippen LogP contribution in [0.5, 0.6) is 0 Å². The van der Waals surface area contributed by atoms with Crippen LogP contribution < -0.4 is 5.73 Å². The molecule has 3 heteroatoms. The minimum absolute atomic E-state index is 0.0133. The number of amides is 1. The van der Waals surface area contributed by atoms with E-state index in [2.05, 4.69) is 0 Å². The number of hydrogen-bond donors (Lipinski definition) is 1. The normalized spacial score (nSPS) is 20.0. The molecule has 2 N–H and O–H groups in total. The topological polar surface area (TPSA) is 60.2 Å². The molecule has 1 aromatic carbocycles. The monoisotopic (exact) mass is 175 g/mol. The van der Waals surface area contributed by atoms with Crippen molar-refractivity contribution >= 4 is 11.7 Å². The molecule has 3 nitrogen and oxygen atoms in total. The molecule has 0 saturated carbocycles. The second-order valence-corrected chi connectivity index (χ2v) is 3.17. The maximum absolute atomic E-state index is 11.4. The summed E-state index contributed by atoms with van der Waals surface area (Å²) in [6.07, 6.45) is 0.231. The number of fused-ring (bicyclic) bond motifs is 1. The Morgan fingerprint density at radius 3 is 2.77 bits per heavy atom. The van der Waals surface area contributed by atoms with Crippen LogP contribution in [0.3, 0.4) is 0 Å². The third-order valence-electron chi connectivity index (χ3n) is 2.37. The Morgan fingerprint density at radius 1 is 1.38 bits per heavy atom. The maximum atomic E-state index is 11.4. The van der Waals surface area contributed by atoms with Crippen molar-refractivity contribution < 1.29 is 9.59 Å². The van der Waals surface area contributed by atoms with E-state index in [1.165, 1.54) is 0 Å². The van der Waals surface area contributed by atoms with Gasteiger partial charge in [-0.25, -0.2) is 0 Å². The maximum Gasteiger partial charge on any atom is 0.225 e. The highest BCUT2D eigenvalue weighted by atomic mass is 16.1. The molecule has 0 heterocycles. The summed E-state index contributed by atoms with van der Waals surface area (Å²) in [4.78, 5) is 22.4. The zero-order valence-electron chi connectivity index (χ0n) is 6.99. The fourth-order valence-electron chi connectivity index (χ4n) is 1.71. The van der Waals surface area contributed by atoms with E-state index >= 15 is 0 Å². The predicted molar refractivity (Wildman–Crippen MR) is 47.3 cm³/mol. The molecular weight excluding hydrogens is 166 g/mol. The molecule has 1 atom stereocenters. The molecule has 0 fully saturated rings. The summed E-state index contributed by atoms with van der Waals surface area (Å²) in [6.45, 7) is 0. The van der Waals surface area contributed by atoms with Crippen LogP contribution in [0.25, 0.3) is 0 Å². The van der Waals surface area contributed by atoms with Crippen LogP contribution in [-0.2, 0) is 4.79 Å². The first kappa shape index (κ1) is 7.98. The van der Waals surface area contributed by atoms with Crippen molar-refractivity contribution in [1.82, 2.24) is 0 Å². The highest BCUT2D eigenvalue weighted by Crippen LogP contribution is 2.32. The second-order valence-electron chi connectivity index (χ2n) is 3.17. The molecule has 0 aliphatic heterocycles. The van der Waals surface area contributed by atoms with Gasteiger partial charge < -0.3 is 5.73 Å². The second kappa shape index (κ2) is 2.69. The van der Waals surface area contributed by atoms with Crippen LogP contribution in [0.1, 0.15) is 28.3 Å². The summed E-state index contributed by atoms with van der Waals surface area (Å²) in [5.41, 5.74) is 6.61. The lowest BCUT2D eigenvalue weighted by atomic mass is 10.0. The summed E-state index contributed by atoms with van der Waals surface area (Å²) in [5, 5.41) is 0. The fourth-order valence-corrected chi connectivity index (χ4v) is 1.71. The predicted octanol–water partition coefficient (Wildman–Crippen LogP) is 0.842. The molecule has 0 bridgehead atoms. The number of nitrogens with two attached hydrogens (primary N) is 1. The van der Waals surface area contributed by atoms with Gasteiger partial charge in [-0.2, -0.15) is 0 Å². The molecule has 0 saturated heterocycles. The lowest BCUT2D eigenvalue weighted by molar-refractivity contribution is -0.119. The third kappa shape index (κ3) is 1.13. The lowest BCUT2D eigenvalue weighted by Crippen LogP contribution is -2.19. The van der Waals surface area contributed by atoms with Gasteiger partial charge in [0.2, 0.25) is 5.91 Å². The number of Topliss-reactive ketones (excluding diaryl/α,β-unsaturated/α-hetero) is 1. The Morgan fingerprint density at radius 2 is 2.08 bits per heavy atom. The number of carbonyl (C=O) groups excluding carboxylic acids is 2. The van der Waals surface area contributed by atoms with Gasteiger partial charge in [0.05, 0.1) is 5.92 Å². The fraction of sp³-hybridized carbons (Fsp3) is 0.200. The molecule has 0 spiro atoms. The first-order chi connectivity index (χ1) is 6.20. The third-order valence-corrected chi connectivity index (χ3v) is 2.37. The first-order valence-corrected chi connectivity index (χ1v) is 4.11. The lowest BCUT2D eigenvalue weighted by Gasteiger charge is -2.03. The number of ketones is 1. The Balaban J connectivity index is 2.53. The quantitative estimate of drug-likeness (QED) is 0.687. The number of rotatable bonds is 1. The van der Waals surface area contributed by atoms with Crippen LogP contribution in [0, 0.1) is 0 Å². The number of carbonyl (C=O) groups is 2. The van der Waals surface area contributed by atoms with E-state index in [1.807, 2.05) is 6.07 Å². The van der Waals surface area contributed by atoms with Crippen LogP contribution in [0.2, 0.25) is 0 Å². The van der Waals surface area contributed by atoms with Crippen LogP contribution in [0.15, 0.2) is 24.3 Å². The highest BCUT2D eigenvalue weighted by Gasteiger charge is 2.32. The standard InChI is InChI=1S/C10H9NO2/c11-10(13)8-5-9(12)7-4-2-1-3-6(7)8/h1-4,8H,5H2,(H2,11,13)/t8-/m0/s1.